The smallest absolute Gasteiger partial charge is 0.324 e. The zero-order valence-corrected chi connectivity index (χ0v) is 16.0. The SMILES string of the molecule is Cc1ccc(-c2cnn([C@@H](C)C(=O)Nc3cccc(Cl)c3C)c(=O)n2)cc1. The Labute approximate surface area is 161 Å². The Bertz CT molecular complexity index is 1040. The number of aromatic nitrogens is 3. The largest absolute Gasteiger partial charge is 0.365 e. The molecule has 0 saturated heterocycles. The van der Waals surface area contributed by atoms with Crippen LogP contribution in [-0.2, 0) is 4.79 Å². The highest BCUT2D eigenvalue weighted by molar-refractivity contribution is 6.31. The topological polar surface area (TPSA) is 76.9 Å². The lowest BCUT2D eigenvalue weighted by molar-refractivity contribution is -0.119. The van der Waals surface area contributed by atoms with Crippen LogP contribution in [0.15, 0.2) is 53.5 Å². The number of benzene rings is 2. The third kappa shape index (κ3) is 4.06. The normalized spacial score (nSPS) is 11.9. The molecule has 0 fully saturated rings. The first-order valence-electron chi connectivity index (χ1n) is 8.45. The molecule has 2 aromatic carbocycles. The summed E-state index contributed by atoms with van der Waals surface area (Å²) in [4.78, 5) is 29.0. The van der Waals surface area contributed by atoms with Gasteiger partial charge in [0.15, 0.2) is 0 Å². The van der Waals surface area contributed by atoms with E-state index >= 15 is 0 Å². The van der Waals surface area contributed by atoms with E-state index in [2.05, 4.69) is 15.4 Å². The molecule has 0 aliphatic carbocycles. The third-order valence-corrected chi connectivity index (χ3v) is 4.75. The van der Waals surface area contributed by atoms with Crippen molar-refractivity contribution in [3.63, 3.8) is 0 Å². The standard InChI is InChI=1S/C20H19ClN4O2/c1-12-7-9-15(10-8-12)18-11-22-25(20(27)24-18)14(3)19(26)23-17-6-4-5-16(21)13(17)2/h4-11,14H,1-3H3,(H,23,26)/t14-/m0/s1. The predicted octanol–water partition coefficient (Wildman–Crippen LogP) is 3.78. The van der Waals surface area contributed by atoms with Crippen molar-refractivity contribution < 1.29 is 4.79 Å². The summed E-state index contributed by atoms with van der Waals surface area (Å²) in [6.45, 7) is 5.39. The Balaban J connectivity index is 1.83. The molecule has 1 aromatic heterocycles. The quantitative estimate of drug-likeness (QED) is 0.745. The molecule has 1 heterocycles. The summed E-state index contributed by atoms with van der Waals surface area (Å²) in [5.74, 6) is -0.375. The fraction of sp³-hybridized carbons (Fsp3) is 0.200. The van der Waals surface area contributed by atoms with Crippen molar-refractivity contribution in [2.45, 2.75) is 26.8 Å². The summed E-state index contributed by atoms with van der Waals surface area (Å²) in [5, 5.41) is 7.47. The van der Waals surface area contributed by atoms with Gasteiger partial charge in [0.05, 0.1) is 11.9 Å². The number of aryl methyl sites for hydroxylation is 1. The Morgan fingerprint density at radius 3 is 2.52 bits per heavy atom. The molecule has 7 heteroatoms. The summed E-state index contributed by atoms with van der Waals surface area (Å²) in [7, 11) is 0. The molecule has 0 unspecified atom stereocenters. The van der Waals surface area contributed by atoms with Gasteiger partial charge in [0.25, 0.3) is 0 Å². The lowest BCUT2D eigenvalue weighted by Crippen LogP contribution is -2.35. The van der Waals surface area contributed by atoms with E-state index in [0.29, 0.717) is 16.4 Å². The van der Waals surface area contributed by atoms with Crippen molar-refractivity contribution in [3.05, 3.63) is 75.3 Å². The number of hydrogen-bond donors (Lipinski definition) is 1. The van der Waals surface area contributed by atoms with Crippen LogP contribution in [0.1, 0.15) is 24.1 Å². The molecule has 1 N–H and O–H groups in total. The van der Waals surface area contributed by atoms with Gasteiger partial charge < -0.3 is 5.32 Å². The monoisotopic (exact) mass is 382 g/mol. The van der Waals surface area contributed by atoms with Gasteiger partial charge >= 0.3 is 5.69 Å². The summed E-state index contributed by atoms with van der Waals surface area (Å²) in [6.07, 6.45) is 1.49. The molecule has 0 aliphatic heterocycles. The number of halogens is 1. The van der Waals surface area contributed by atoms with Crippen LogP contribution in [0.5, 0.6) is 0 Å². The van der Waals surface area contributed by atoms with Gasteiger partial charge in [0.2, 0.25) is 5.91 Å². The summed E-state index contributed by atoms with van der Waals surface area (Å²) in [6, 6.07) is 12.0. The van der Waals surface area contributed by atoms with Crippen LogP contribution >= 0.6 is 11.6 Å². The fourth-order valence-electron chi connectivity index (χ4n) is 2.57. The number of carbonyl (C=O) groups is 1. The second-order valence-corrected chi connectivity index (χ2v) is 6.72. The maximum absolute atomic E-state index is 12.5. The molecular weight excluding hydrogens is 364 g/mol. The number of rotatable bonds is 4. The molecule has 0 radical (unpaired) electrons. The van der Waals surface area contributed by atoms with Gasteiger partial charge in [0, 0.05) is 16.3 Å². The van der Waals surface area contributed by atoms with Crippen LogP contribution in [-0.4, -0.2) is 20.7 Å². The Hall–Kier alpha value is -2.99. The molecule has 1 atom stereocenters. The van der Waals surface area contributed by atoms with Crippen LogP contribution in [0.2, 0.25) is 5.02 Å². The minimum Gasteiger partial charge on any atom is -0.324 e. The number of carbonyl (C=O) groups excluding carboxylic acids is 1. The predicted molar refractivity (Wildman–Crippen MR) is 106 cm³/mol. The summed E-state index contributed by atoms with van der Waals surface area (Å²) < 4.78 is 1.06. The van der Waals surface area contributed by atoms with Gasteiger partial charge in [-0.2, -0.15) is 10.1 Å². The fourth-order valence-corrected chi connectivity index (χ4v) is 2.74. The van der Waals surface area contributed by atoms with Gasteiger partial charge in [-0.3, -0.25) is 4.79 Å². The van der Waals surface area contributed by atoms with Crippen LogP contribution in [0.4, 0.5) is 5.69 Å². The second kappa shape index (κ2) is 7.72. The maximum Gasteiger partial charge on any atom is 0.365 e. The molecule has 0 bridgehead atoms. The minimum atomic E-state index is -0.824. The zero-order valence-electron chi connectivity index (χ0n) is 15.2. The molecule has 3 aromatic rings. The van der Waals surface area contributed by atoms with E-state index in [1.807, 2.05) is 38.1 Å². The van der Waals surface area contributed by atoms with Gasteiger partial charge in [0.1, 0.15) is 6.04 Å². The van der Waals surface area contributed by atoms with E-state index in [1.165, 1.54) is 6.20 Å². The van der Waals surface area contributed by atoms with E-state index in [0.717, 1.165) is 21.4 Å². The van der Waals surface area contributed by atoms with E-state index in [4.69, 9.17) is 11.6 Å². The first kappa shape index (κ1) is 18.8. The first-order chi connectivity index (χ1) is 12.9. The van der Waals surface area contributed by atoms with Crippen molar-refractivity contribution in [1.29, 1.82) is 0 Å². The Morgan fingerprint density at radius 1 is 1.15 bits per heavy atom. The Kier molecular flexibility index (Phi) is 5.37. The van der Waals surface area contributed by atoms with Gasteiger partial charge in [-0.15, -0.1) is 0 Å². The lowest BCUT2D eigenvalue weighted by Gasteiger charge is -2.15. The van der Waals surface area contributed by atoms with Crippen molar-refractivity contribution >= 4 is 23.2 Å². The summed E-state index contributed by atoms with van der Waals surface area (Å²) in [5.41, 5.74) is 3.14. The van der Waals surface area contributed by atoms with Gasteiger partial charge in [-0.25, -0.2) is 9.48 Å². The van der Waals surface area contributed by atoms with Gasteiger partial charge in [-0.05, 0) is 38.5 Å². The second-order valence-electron chi connectivity index (χ2n) is 6.31. The average molecular weight is 383 g/mol. The third-order valence-electron chi connectivity index (χ3n) is 4.34. The minimum absolute atomic E-state index is 0.375. The molecule has 0 saturated carbocycles. The first-order valence-corrected chi connectivity index (χ1v) is 8.83. The molecule has 138 valence electrons. The number of nitrogens with zero attached hydrogens (tertiary/aromatic N) is 3. The maximum atomic E-state index is 12.5. The zero-order chi connectivity index (χ0) is 19.6. The molecule has 27 heavy (non-hydrogen) atoms. The highest BCUT2D eigenvalue weighted by atomic mass is 35.5. The van der Waals surface area contributed by atoms with E-state index in [1.54, 1.807) is 25.1 Å². The van der Waals surface area contributed by atoms with E-state index in [9.17, 15) is 9.59 Å². The molecule has 1 amide bonds. The van der Waals surface area contributed by atoms with E-state index in [-0.39, 0.29) is 5.91 Å². The van der Waals surface area contributed by atoms with Crippen LogP contribution in [0, 0.1) is 13.8 Å². The van der Waals surface area contributed by atoms with Crippen LogP contribution in [0.3, 0.4) is 0 Å². The summed E-state index contributed by atoms with van der Waals surface area (Å²) >= 11 is 6.08. The van der Waals surface area contributed by atoms with Gasteiger partial charge in [-0.1, -0.05) is 47.5 Å². The number of amides is 1. The van der Waals surface area contributed by atoms with Crippen molar-refractivity contribution in [3.8, 4) is 11.3 Å². The van der Waals surface area contributed by atoms with Crippen molar-refractivity contribution in [2.75, 3.05) is 5.32 Å². The molecular formula is C20H19ClN4O2. The molecule has 3 rings (SSSR count). The number of anilines is 1. The molecule has 0 spiro atoms. The van der Waals surface area contributed by atoms with E-state index < -0.39 is 11.7 Å². The highest BCUT2D eigenvalue weighted by Gasteiger charge is 2.19. The van der Waals surface area contributed by atoms with Crippen molar-refractivity contribution in [1.82, 2.24) is 14.8 Å². The lowest BCUT2D eigenvalue weighted by atomic mass is 10.1. The Morgan fingerprint density at radius 2 is 1.85 bits per heavy atom. The number of hydrogen-bond acceptors (Lipinski definition) is 4. The average Bonchev–Trinajstić information content (AvgIpc) is 2.65. The highest BCUT2D eigenvalue weighted by Crippen LogP contribution is 2.23. The molecule has 6 nitrogen and oxygen atoms in total. The number of nitrogens with one attached hydrogen (secondary N) is 1. The van der Waals surface area contributed by atoms with Crippen LogP contribution < -0.4 is 11.0 Å². The van der Waals surface area contributed by atoms with Crippen molar-refractivity contribution in [2.24, 2.45) is 0 Å². The van der Waals surface area contributed by atoms with Crippen LogP contribution in [0.25, 0.3) is 11.3 Å². The molecule has 0 aliphatic rings.